The van der Waals surface area contributed by atoms with Crippen LogP contribution < -0.4 is 0 Å². The maximum Gasteiger partial charge on any atom is 0.261 e. The predicted octanol–water partition coefficient (Wildman–Crippen LogP) is 2.98. The summed E-state index contributed by atoms with van der Waals surface area (Å²) in [6, 6.07) is 9.65. The molecular weight excluding hydrogens is 218 g/mol. The Balaban J connectivity index is 2.43. The van der Waals surface area contributed by atoms with E-state index in [0.717, 1.165) is 5.56 Å². The number of benzene rings is 1. The van der Waals surface area contributed by atoms with Crippen LogP contribution in [0.3, 0.4) is 0 Å². The number of alkyl halides is 2. The van der Waals surface area contributed by atoms with Gasteiger partial charge in [-0.05, 0) is 11.3 Å². The number of thiol groups is 1. The van der Waals surface area contributed by atoms with Gasteiger partial charge in [0, 0.05) is 5.92 Å². The molecule has 1 rings (SSSR count). The van der Waals surface area contributed by atoms with Crippen LogP contribution >= 0.6 is 12.6 Å². The van der Waals surface area contributed by atoms with E-state index >= 15 is 0 Å². The first kappa shape index (κ1) is 12.5. The summed E-state index contributed by atoms with van der Waals surface area (Å²) in [6.45, 7) is -0.213. The van der Waals surface area contributed by atoms with Crippen molar-refractivity contribution < 1.29 is 13.5 Å². The van der Waals surface area contributed by atoms with Gasteiger partial charge in [-0.3, -0.25) is 0 Å². The fourth-order valence-electron chi connectivity index (χ4n) is 1.28. The summed E-state index contributed by atoms with van der Waals surface area (Å²) in [6.07, 6.45) is -2.40. The minimum atomic E-state index is -2.40. The fraction of sp³-hybridized carbons (Fsp3) is 0.455. The van der Waals surface area contributed by atoms with E-state index in [1.807, 2.05) is 30.3 Å². The van der Waals surface area contributed by atoms with Crippen LogP contribution in [0.4, 0.5) is 8.78 Å². The van der Waals surface area contributed by atoms with E-state index in [2.05, 4.69) is 12.6 Å². The maximum atomic E-state index is 11.8. The zero-order valence-electron chi connectivity index (χ0n) is 8.27. The van der Waals surface area contributed by atoms with Crippen LogP contribution in [0.1, 0.15) is 11.5 Å². The van der Waals surface area contributed by atoms with Crippen LogP contribution in [0.15, 0.2) is 30.3 Å². The van der Waals surface area contributed by atoms with Gasteiger partial charge >= 0.3 is 0 Å². The first-order valence-corrected chi connectivity index (χ1v) is 5.39. The minimum absolute atomic E-state index is 0.0771. The standard InChI is InChI=1S/C11H14F2OS/c12-11(13)7-14-6-10(8-15)9-4-2-1-3-5-9/h1-5,10-11,15H,6-8H2. The Bertz CT molecular complexity index is 267. The van der Waals surface area contributed by atoms with Crippen molar-refractivity contribution in [3.05, 3.63) is 35.9 Å². The predicted molar refractivity (Wildman–Crippen MR) is 59.9 cm³/mol. The quantitative estimate of drug-likeness (QED) is 0.742. The molecule has 0 aromatic heterocycles. The molecule has 0 saturated carbocycles. The topological polar surface area (TPSA) is 9.23 Å². The lowest BCUT2D eigenvalue weighted by Crippen LogP contribution is -2.13. The molecule has 84 valence electrons. The molecule has 0 N–H and O–H groups in total. The highest BCUT2D eigenvalue weighted by Gasteiger charge is 2.11. The Labute approximate surface area is 93.9 Å². The highest BCUT2D eigenvalue weighted by molar-refractivity contribution is 7.80. The molecule has 1 aromatic carbocycles. The van der Waals surface area contributed by atoms with Gasteiger partial charge in [0.25, 0.3) is 6.43 Å². The second kappa shape index (κ2) is 6.80. The molecule has 0 aliphatic heterocycles. The molecule has 0 heterocycles. The average molecular weight is 232 g/mol. The number of ether oxygens (including phenoxy) is 1. The second-order valence-corrected chi connectivity index (χ2v) is 3.58. The highest BCUT2D eigenvalue weighted by atomic mass is 32.1. The summed E-state index contributed by atoms with van der Waals surface area (Å²) in [5.41, 5.74) is 1.07. The van der Waals surface area contributed by atoms with Gasteiger partial charge in [-0.1, -0.05) is 30.3 Å². The normalized spacial score (nSPS) is 13.1. The van der Waals surface area contributed by atoms with Gasteiger partial charge in [0.15, 0.2) is 0 Å². The molecule has 0 bridgehead atoms. The molecule has 0 aliphatic carbocycles. The van der Waals surface area contributed by atoms with E-state index in [0.29, 0.717) is 5.75 Å². The van der Waals surface area contributed by atoms with Gasteiger partial charge in [-0.25, -0.2) is 8.78 Å². The Morgan fingerprint density at radius 3 is 2.33 bits per heavy atom. The van der Waals surface area contributed by atoms with Gasteiger partial charge < -0.3 is 4.74 Å². The molecule has 0 radical (unpaired) electrons. The second-order valence-electron chi connectivity index (χ2n) is 3.22. The molecule has 1 aromatic rings. The van der Waals surface area contributed by atoms with E-state index < -0.39 is 13.0 Å². The SMILES string of the molecule is FC(F)COCC(CS)c1ccccc1. The largest absolute Gasteiger partial charge is 0.375 e. The highest BCUT2D eigenvalue weighted by Crippen LogP contribution is 2.17. The molecule has 15 heavy (non-hydrogen) atoms. The Morgan fingerprint density at radius 2 is 1.80 bits per heavy atom. The summed E-state index contributed by atoms with van der Waals surface area (Å²) in [4.78, 5) is 0. The third kappa shape index (κ3) is 4.62. The molecule has 1 unspecified atom stereocenters. The van der Waals surface area contributed by atoms with Gasteiger partial charge in [-0.2, -0.15) is 12.6 Å². The van der Waals surface area contributed by atoms with Gasteiger partial charge in [0.05, 0.1) is 6.61 Å². The van der Waals surface area contributed by atoms with E-state index in [4.69, 9.17) is 4.74 Å². The zero-order valence-corrected chi connectivity index (χ0v) is 9.17. The summed E-state index contributed by atoms with van der Waals surface area (Å²) >= 11 is 4.18. The lowest BCUT2D eigenvalue weighted by molar-refractivity contribution is 0.0138. The molecular formula is C11H14F2OS. The summed E-state index contributed by atoms with van der Waals surface area (Å²) in [5.74, 6) is 0.668. The third-order valence-electron chi connectivity index (χ3n) is 2.05. The van der Waals surface area contributed by atoms with Crippen molar-refractivity contribution in [1.82, 2.24) is 0 Å². The van der Waals surface area contributed by atoms with Crippen LogP contribution in [0, 0.1) is 0 Å². The Hall–Kier alpha value is -0.610. The zero-order chi connectivity index (χ0) is 11.1. The summed E-state index contributed by atoms with van der Waals surface area (Å²) in [5, 5.41) is 0. The lowest BCUT2D eigenvalue weighted by atomic mass is 10.0. The minimum Gasteiger partial charge on any atom is -0.375 e. The van der Waals surface area contributed by atoms with E-state index in [1.54, 1.807) is 0 Å². The van der Waals surface area contributed by atoms with Crippen molar-refractivity contribution in [2.45, 2.75) is 12.3 Å². The molecule has 0 spiro atoms. The molecule has 0 aliphatic rings. The van der Waals surface area contributed by atoms with Crippen LogP contribution in [-0.4, -0.2) is 25.4 Å². The van der Waals surface area contributed by atoms with Crippen molar-refractivity contribution in [3.8, 4) is 0 Å². The summed E-state index contributed by atoms with van der Waals surface area (Å²) in [7, 11) is 0. The smallest absolute Gasteiger partial charge is 0.261 e. The number of rotatable bonds is 6. The van der Waals surface area contributed by atoms with Crippen molar-refractivity contribution in [1.29, 1.82) is 0 Å². The van der Waals surface area contributed by atoms with Crippen LogP contribution in [0.25, 0.3) is 0 Å². The van der Waals surface area contributed by atoms with E-state index in [-0.39, 0.29) is 12.5 Å². The van der Waals surface area contributed by atoms with E-state index in [1.165, 1.54) is 0 Å². The van der Waals surface area contributed by atoms with Crippen molar-refractivity contribution >= 4 is 12.6 Å². The van der Waals surface area contributed by atoms with Gasteiger partial charge in [0.2, 0.25) is 0 Å². The number of halogens is 2. The van der Waals surface area contributed by atoms with Crippen LogP contribution in [-0.2, 0) is 4.74 Å². The van der Waals surface area contributed by atoms with E-state index in [9.17, 15) is 8.78 Å². The van der Waals surface area contributed by atoms with Crippen molar-refractivity contribution in [2.75, 3.05) is 19.0 Å². The molecule has 1 nitrogen and oxygen atoms in total. The maximum absolute atomic E-state index is 11.8. The van der Waals surface area contributed by atoms with Gasteiger partial charge in [0.1, 0.15) is 6.61 Å². The Kier molecular flexibility index (Phi) is 5.65. The average Bonchev–Trinajstić information content (AvgIpc) is 2.25. The van der Waals surface area contributed by atoms with Crippen LogP contribution in [0.2, 0.25) is 0 Å². The first-order valence-electron chi connectivity index (χ1n) is 4.75. The van der Waals surface area contributed by atoms with Gasteiger partial charge in [-0.15, -0.1) is 0 Å². The first-order chi connectivity index (χ1) is 7.24. The van der Waals surface area contributed by atoms with Crippen molar-refractivity contribution in [3.63, 3.8) is 0 Å². The number of hydrogen-bond acceptors (Lipinski definition) is 2. The molecule has 1 atom stereocenters. The van der Waals surface area contributed by atoms with Crippen molar-refractivity contribution in [2.24, 2.45) is 0 Å². The monoisotopic (exact) mass is 232 g/mol. The fourth-order valence-corrected chi connectivity index (χ4v) is 1.60. The molecule has 0 saturated heterocycles. The third-order valence-corrected chi connectivity index (χ3v) is 2.50. The molecule has 0 fully saturated rings. The Morgan fingerprint density at radius 1 is 1.13 bits per heavy atom. The number of hydrogen-bond donors (Lipinski definition) is 1. The van der Waals surface area contributed by atoms with Crippen LogP contribution in [0.5, 0.6) is 0 Å². The molecule has 0 amide bonds. The lowest BCUT2D eigenvalue weighted by Gasteiger charge is -2.14. The molecule has 4 heteroatoms. The summed E-state index contributed by atoms with van der Waals surface area (Å²) < 4.78 is 28.6.